The highest BCUT2D eigenvalue weighted by atomic mass is 16.5. The van der Waals surface area contributed by atoms with Gasteiger partial charge in [-0.25, -0.2) is 0 Å². The molecule has 206 valence electrons. The van der Waals surface area contributed by atoms with Crippen LogP contribution in [0.1, 0.15) is 42.0 Å². The molecule has 1 aliphatic heterocycles. The van der Waals surface area contributed by atoms with E-state index < -0.39 is 0 Å². The largest absolute Gasteiger partial charge is 0.493 e. The van der Waals surface area contributed by atoms with Gasteiger partial charge in [-0.3, -0.25) is 4.79 Å². The number of methoxy groups -OCH3 is 3. The van der Waals surface area contributed by atoms with E-state index in [4.69, 9.17) is 14.2 Å². The molecule has 2 N–H and O–H groups in total. The summed E-state index contributed by atoms with van der Waals surface area (Å²) >= 11 is 0. The molecule has 1 atom stereocenters. The molecule has 0 radical (unpaired) electrons. The third-order valence-corrected chi connectivity index (χ3v) is 8.01. The number of hydrogen-bond donors (Lipinski definition) is 2. The van der Waals surface area contributed by atoms with Crippen molar-refractivity contribution in [3.8, 4) is 28.4 Å². The molecule has 0 saturated heterocycles. The summed E-state index contributed by atoms with van der Waals surface area (Å²) in [5.41, 5.74) is 7.37. The molecule has 5 rings (SSSR count). The van der Waals surface area contributed by atoms with Gasteiger partial charge in [0.2, 0.25) is 11.2 Å². The SMILES string of the molecule is CN[C@@H]1CCc2cc(OC)c(OC)c(OC)c2-c2ccc(NCCCN3CCCc4ccccc43)c(=O)cc21. The molecule has 2 aliphatic rings. The number of aryl methyl sites for hydroxylation is 2. The first-order valence-corrected chi connectivity index (χ1v) is 13.8. The van der Waals surface area contributed by atoms with Gasteiger partial charge in [-0.2, -0.15) is 0 Å². The Morgan fingerprint density at radius 3 is 2.54 bits per heavy atom. The third-order valence-electron chi connectivity index (χ3n) is 8.01. The van der Waals surface area contributed by atoms with E-state index in [-0.39, 0.29) is 11.5 Å². The maximum absolute atomic E-state index is 13.4. The highest BCUT2D eigenvalue weighted by molar-refractivity contribution is 5.83. The predicted molar refractivity (Wildman–Crippen MR) is 158 cm³/mol. The second-order valence-electron chi connectivity index (χ2n) is 10.2. The van der Waals surface area contributed by atoms with Crippen LogP contribution in [0.4, 0.5) is 11.4 Å². The van der Waals surface area contributed by atoms with Crippen LogP contribution >= 0.6 is 0 Å². The molecule has 0 aromatic heterocycles. The molecule has 0 bridgehead atoms. The summed E-state index contributed by atoms with van der Waals surface area (Å²) in [6.45, 7) is 2.77. The lowest BCUT2D eigenvalue weighted by Gasteiger charge is -2.31. The number of benzene rings is 2. The summed E-state index contributed by atoms with van der Waals surface area (Å²) in [5.74, 6) is 1.82. The Balaban J connectivity index is 1.43. The fourth-order valence-corrected chi connectivity index (χ4v) is 6.10. The van der Waals surface area contributed by atoms with E-state index in [2.05, 4.69) is 39.8 Å². The number of rotatable bonds is 9. The fourth-order valence-electron chi connectivity index (χ4n) is 6.10. The van der Waals surface area contributed by atoms with Gasteiger partial charge in [0, 0.05) is 36.9 Å². The molecule has 0 spiro atoms. The van der Waals surface area contributed by atoms with Crippen molar-refractivity contribution in [2.24, 2.45) is 0 Å². The number of hydrogen-bond acceptors (Lipinski definition) is 7. The highest BCUT2D eigenvalue weighted by Crippen LogP contribution is 2.50. The normalized spacial score (nSPS) is 15.9. The molecule has 0 fully saturated rings. The zero-order valence-electron chi connectivity index (χ0n) is 23.4. The average Bonchev–Trinajstić information content (AvgIpc) is 3.22. The van der Waals surface area contributed by atoms with Gasteiger partial charge in [0.05, 0.1) is 27.0 Å². The van der Waals surface area contributed by atoms with Crippen LogP contribution in [0.5, 0.6) is 17.2 Å². The maximum Gasteiger partial charge on any atom is 0.203 e. The van der Waals surface area contributed by atoms with Gasteiger partial charge in [0.1, 0.15) is 0 Å². The highest BCUT2D eigenvalue weighted by Gasteiger charge is 2.28. The molecule has 7 nitrogen and oxygen atoms in total. The van der Waals surface area contributed by atoms with Gasteiger partial charge in [0.15, 0.2) is 11.5 Å². The minimum atomic E-state index is -0.0114. The Morgan fingerprint density at radius 2 is 1.77 bits per heavy atom. The van der Waals surface area contributed by atoms with Crippen LogP contribution in [0.3, 0.4) is 0 Å². The summed E-state index contributed by atoms with van der Waals surface area (Å²) in [5, 5.41) is 6.84. The van der Waals surface area contributed by atoms with Crippen LogP contribution in [0.2, 0.25) is 0 Å². The van der Waals surface area contributed by atoms with Crippen molar-refractivity contribution in [3.63, 3.8) is 0 Å². The first kappa shape index (κ1) is 26.9. The third kappa shape index (κ3) is 5.28. The second kappa shape index (κ2) is 12.0. The lowest BCUT2D eigenvalue weighted by molar-refractivity contribution is 0.324. The zero-order valence-corrected chi connectivity index (χ0v) is 23.4. The zero-order chi connectivity index (χ0) is 27.4. The van der Waals surface area contributed by atoms with E-state index >= 15 is 0 Å². The number of para-hydroxylation sites is 1. The minimum absolute atomic E-state index is 0.0114. The van der Waals surface area contributed by atoms with Crippen LogP contribution in [-0.4, -0.2) is 48.0 Å². The molecule has 1 heterocycles. The quantitative estimate of drug-likeness (QED) is 0.369. The minimum Gasteiger partial charge on any atom is -0.493 e. The predicted octanol–water partition coefficient (Wildman–Crippen LogP) is 5.20. The number of anilines is 2. The molecular formula is C32H39N3O4. The Kier molecular flexibility index (Phi) is 8.27. The number of ether oxygens (including phenoxy) is 3. The van der Waals surface area contributed by atoms with Gasteiger partial charge in [-0.1, -0.05) is 24.3 Å². The van der Waals surface area contributed by atoms with Gasteiger partial charge in [0.25, 0.3) is 0 Å². The number of nitrogens with one attached hydrogen (secondary N) is 2. The van der Waals surface area contributed by atoms with Crippen LogP contribution in [0.25, 0.3) is 11.1 Å². The van der Waals surface area contributed by atoms with Crippen molar-refractivity contribution >= 4 is 11.4 Å². The molecule has 39 heavy (non-hydrogen) atoms. The van der Waals surface area contributed by atoms with Crippen molar-refractivity contribution in [2.45, 2.75) is 38.1 Å². The Hall–Kier alpha value is -3.71. The maximum atomic E-state index is 13.4. The number of nitrogens with zero attached hydrogens (tertiary/aromatic N) is 1. The molecule has 0 amide bonds. The first-order valence-electron chi connectivity index (χ1n) is 13.8. The Bertz CT molecular complexity index is 1390. The van der Waals surface area contributed by atoms with E-state index in [1.165, 1.54) is 17.7 Å². The lowest BCUT2D eigenvalue weighted by atomic mass is 9.95. The monoisotopic (exact) mass is 529 g/mol. The standard InChI is InChI=1S/C32H39N3O4/c1-33-25-14-12-22-19-29(37-2)31(38-3)32(39-4)30(22)23-13-15-26(28(36)20-24(23)25)34-16-8-18-35-17-7-10-21-9-5-6-11-27(21)35/h5-6,9,11,13,15,19-20,25,33H,7-8,10,12,14,16-18H2,1-4H3,(H,34,36)/t25-/m1/s1. The smallest absolute Gasteiger partial charge is 0.203 e. The van der Waals surface area contributed by atoms with Crippen LogP contribution in [0, 0.1) is 0 Å². The summed E-state index contributed by atoms with van der Waals surface area (Å²) in [4.78, 5) is 15.9. The summed E-state index contributed by atoms with van der Waals surface area (Å²) in [7, 11) is 6.84. The molecular weight excluding hydrogens is 490 g/mol. The van der Waals surface area contributed by atoms with Gasteiger partial charge < -0.3 is 29.7 Å². The molecule has 3 aromatic rings. The van der Waals surface area contributed by atoms with Gasteiger partial charge >= 0.3 is 0 Å². The van der Waals surface area contributed by atoms with Crippen LogP contribution in [-0.2, 0) is 12.8 Å². The van der Waals surface area contributed by atoms with Crippen molar-refractivity contribution in [1.29, 1.82) is 0 Å². The van der Waals surface area contributed by atoms with E-state index in [9.17, 15) is 4.79 Å². The van der Waals surface area contributed by atoms with Gasteiger partial charge in [-0.05, 0) is 85.7 Å². The molecule has 7 heteroatoms. The Morgan fingerprint density at radius 1 is 0.949 bits per heavy atom. The molecule has 0 saturated carbocycles. The summed E-state index contributed by atoms with van der Waals surface area (Å²) in [6.07, 6.45) is 4.94. The van der Waals surface area contributed by atoms with E-state index in [1.807, 2.05) is 25.2 Å². The average molecular weight is 530 g/mol. The second-order valence-corrected chi connectivity index (χ2v) is 10.2. The Labute approximate surface area is 231 Å². The lowest BCUT2D eigenvalue weighted by Crippen LogP contribution is -2.31. The number of fused-ring (bicyclic) bond motifs is 4. The summed E-state index contributed by atoms with van der Waals surface area (Å²) < 4.78 is 17.2. The van der Waals surface area contributed by atoms with E-state index in [1.54, 1.807) is 27.4 Å². The van der Waals surface area contributed by atoms with Crippen LogP contribution < -0.4 is 35.2 Å². The van der Waals surface area contributed by atoms with Crippen molar-refractivity contribution < 1.29 is 14.2 Å². The first-order chi connectivity index (χ1) is 19.1. The fraction of sp³-hybridized carbons (Fsp3) is 0.406. The van der Waals surface area contributed by atoms with Crippen LogP contribution in [0.15, 0.2) is 53.3 Å². The summed E-state index contributed by atoms with van der Waals surface area (Å²) in [6, 6.07) is 16.5. The van der Waals surface area contributed by atoms with E-state index in [0.29, 0.717) is 22.9 Å². The van der Waals surface area contributed by atoms with Crippen molar-refractivity contribution in [2.75, 3.05) is 58.2 Å². The topological polar surface area (TPSA) is 72.1 Å². The molecule has 0 unspecified atom stereocenters. The molecule has 3 aromatic carbocycles. The molecule has 1 aliphatic carbocycles. The van der Waals surface area contributed by atoms with Crippen molar-refractivity contribution in [3.05, 3.63) is 75.4 Å². The van der Waals surface area contributed by atoms with Gasteiger partial charge in [-0.15, -0.1) is 0 Å². The van der Waals surface area contributed by atoms with Crippen molar-refractivity contribution in [1.82, 2.24) is 5.32 Å². The van der Waals surface area contributed by atoms with E-state index in [0.717, 1.165) is 67.6 Å².